The summed E-state index contributed by atoms with van der Waals surface area (Å²) in [6.45, 7) is 2.42. The number of sulfonamides is 1. The maximum atomic E-state index is 11.4. The number of rotatable bonds is 3. The zero-order valence-electron chi connectivity index (χ0n) is 7.82. The maximum Gasteiger partial charge on any atom is 0.214 e. The van der Waals surface area contributed by atoms with E-state index in [0.717, 1.165) is 12.8 Å². The molecule has 0 aromatic carbocycles. The molecule has 0 atom stereocenters. The Bertz CT molecular complexity index is 284. The topological polar surface area (TPSA) is 54.5 Å². The molecule has 1 aliphatic rings. The van der Waals surface area contributed by atoms with Crippen LogP contribution in [0.2, 0.25) is 0 Å². The fraction of sp³-hybridized carbons (Fsp3) is 0.875. The van der Waals surface area contributed by atoms with E-state index in [1.807, 2.05) is 0 Å². The molecule has 4 nitrogen and oxygen atoms in total. The third-order valence-electron chi connectivity index (χ3n) is 2.17. The van der Waals surface area contributed by atoms with Crippen LogP contribution in [-0.2, 0) is 14.8 Å². The minimum Gasteiger partial charge on any atom is -0.300 e. The Kier molecular flexibility index (Phi) is 3.44. The van der Waals surface area contributed by atoms with Gasteiger partial charge >= 0.3 is 0 Å². The van der Waals surface area contributed by atoms with Gasteiger partial charge in [0, 0.05) is 19.5 Å². The van der Waals surface area contributed by atoms with E-state index in [1.54, 1.807) is 0 Å². The SMILES string of the molecule is CC(=O)CCN1CCCCS1(=O)=O. The highest BCUT2D eigenvalue weighted by Crippen LogP contribution is 2.13. The van der Waals surface area contributed by atoms with Crippen LogP contribution in [0.3, 0.4) is 0 Å². The maximum absolute atomic E-state index is 11.4. The van der Waals surface area contributed by atoms with E-state index in [0.29, 0.717) is 19.5 Å². The van der Waals surface area contributed by atoms with Gasteiger partial charge in [0.25, 0.3) is 0 Å². The second kappa shape index (κ2) is 4.19. The zero-order valence-corrected chi connectivity index (χ0v) is 8.64. The number of ketones is 1. The monoisotopic (exact) mass is 205 g/mol. The van der Waals surface area contributed by atoms with Gasteiger partial charge in [0.15, 0.2) is 0 Å². The van der Waals surface area contributed by atoms with Crippen molar-refractivity contribution in [2.45, 2.75) is 26.2 Å². The molecule has 0 aliphatic carbocycles. The van der Waals surface area contributed by atoms with Crippen molar-refractivity contribution in [3.05, 3.63) is 0 Å². The lowest BCUT2D eigenvalue weighted by Crippen LogP contribution is -2.38. The molecule has 13 heavy (non-hydrogen) atoms. The number of Topliss-reactive ketones (excluding diaryl/α,β-unsaturated/α-hetero) is 1. The van der Waals surface area contributed by atoms with Gasteiger partial charge in [-0.05, 0) is 19.8 Å². The molecule has 0 bridgehead atoms. The molecule has 0 radical (unpaired) electrons. The summed E-state index contributed by atoms with van der Waals surface area (Å²) in [6, 6.07) is 0. The summed E-state index contributed by atoms with van der Waals surface area (Å²) in [5.74, 6) is 0.283. The van der Waals surface area contributed by atoms with Crippen molar-refractivity contribution in [3.8, 4) is 0 Å². The third-order valence-corrected chi connectivity index (χ3v) is 4.12. The van der Waals surface area contributed by atoms with Gasteiger partial charge in [0.05, 0.1) is 5.75 Å². The van der Waals surface area contributed by atoms with Crippen LogP contribution in [0, 0.1) is 0 Å². The van der Waals surface area contributed by atoms with Gasteiger partial charge in [-0.3, -0.25) is 4.79 Å². The van der Waals surface area contributed by atoms with E-state index in [9.17, 15) is 13.2 Å². The third kappa shape index (κ3) is 3.08. The van der Waals surface area contributed by atoms with Crippen molar-refractivity contribution in [1.29, 1.82) is 0 Å². The van der Waals surface area contributed by atoms with Crippen LogP contribution in [0.5, 0.6) is 0 Å². The minimum atomic E-state index is -3.04. The van der Waals surface area contributed by atoms with Crippen molar-refractivity contribution >= 4 is 15.8 Å². The van der Waals surface area contributed by atoms with Gasteiger partial charge in [-0.15, -0.1) is 0 Å². The average molecular weight is 205 g/mol. The predicted octanol–water partition coefficient (Wildman–Crippen LogP) is 0.391. The number of carbonyl (C=O) groups is 1. The number of hydrogen-bond donors (Lipinski definition) is 0. The molecule has 5 heteroatoms. The van der Waals surface area contributed by atoms with Crippen LogP contribution in [0.25, 0.3) is 0 Å². The van der Waals surface area contributed by atoms with Crippen LogP contribution >= 0.6 is 0 Å². The first-order valence-corrected chi connectivity index (χ1v) is 6.10. The highest BCUT2D eigenvalue weighted by Gasteiger charge is 2.25. The standard InChI is InChI=1S/C8H15NO3S/c1-8(10)4-6-9-5-2-3-7-13(9,11)12/h2-7H2,1H3. The molecule has 0 aromatic rings. The van der Waals surface area contributed by atoms with Crippen molar-refractivity contribution in [2.75, 3.05) is 18.8 Å². The molecule has 1 rings (SSSR count). The van der Waals surface area contributed by atoms with Crippen LogP contribution in [-0.4, -0.2) is 37.3 Å². The van der Waals surface area contributed by atoms with Crippen LogP contribution in [0.15, 0.2) is 0 Å². The Morgan fingerprint density at radius 2 is 2.08 bits per heavy atom. The molecular weight excluding hydrogens is 190 g/mol. The first kappa shape index (κ1) is 10.7. The van der Waals surface area contributed by atoms with Gasteiger partial charge in [-0.2, -0.15) is 0 Å². The van der Waals surface area contributed by atoms with Gasteiger partial charge in [-0.1, -0.05) is 0 Å². The summed E-state index contributed by atoms with van der Waals surface area (Å²) in [5.41, 5.74) is 0. The molecule has 0 amide bonds. The van der Waals surface area contributed by atoms with E-state index in [4.69, 9.17) is 0 Å². The Labute approximate surface area is 79.0 Å². The zero-order chi connectivity index (χ0) is 9.90. The smallest absolute Gasteiger partial charge is 0.214 e. The molecule has 0 aromatic heterocycles. The molecule has 1 aliphatic heterocycles. The molecule has 0 saturated carbocycles. The normalized spacial score (nSPS) is 22.8. The molecule has 0 N–H and O–H groups in total. The van der Waals surface area contributed by atoms with Crippen LogP contribution < -0.4 is 0 Å². The number of hydrogen-bond acceptors (Lipinski definition) is 3. The largest absolute Gasteiger partial charge is 0.300 e. The lowest BCUT2D eigenvalue weighted by atomic mass is 10.3. The molecule has 1 heterocycles. The van der Waals surface area contributed by atoms with Crippen molar-refractivity contribution in [1.82, 2.24) is 4.31 Å². The van der Waals surface area contributed by atoms with Crippen LogP contribution in [0.1, 0.15) is 26.2 Å². The first-order valence-electron chi connectivity index (χ1n) is 4.49. The van der Waals surface area contributed by atoms with Crippen molar-refractivity contribution in [2.24, 2.45) is 0 Å². The minimum absolute atomic E-state index is 0.0424. The molecule has 1 fully saturated rings. The van der Waals surface area contributed by atoms with E-state index in [1.165, 1.54) is 11.2 Å². The molecular formula is C8H15NO3S. The Balaban J connectivity index is 2.52. The van der Waals surface area contributed by atoms with Crippen LogP contribution in [0.4, 0.5) is 0 Å². The van der Waals surface area contributed by atoms with Crippen molar-refractivity contribution < 1.29 is 13.2 Å². The lowest BCUT2D eigenvalue weighted by molar-refractivity contribution is -0.117. The van der Waals surface area contributed by atoms with E-state index < -0.39 is 10.0 Å². The Hall–Kier alpha value is -0.420. The summed E-state index contributed by atoms with van der Waals surface area (Å²) in [6.07, 6.45) is 2.00. The van der Waals surface area contributed by atoms with Gasteiger partial charge in [0.1, 0.15) is 5.78 Å². The molecule has 0 spiro atoms. The summed E-state index contributed by atoms with van der Waals surface area (Å²) in [5, 5.41) is 0. The number of carbonyl (C=O) groups excluding carboxylic acids is 1. The Morgan fingerprint density at radius 3 is 2.62 bits per heavy atom. The summed E-state index contributed by atoms with van der Waals surface area (Å²) in [4.78, 5) is 10.7. The highest BCUT2D eigenvalue weighted by molar-refractivity contribution is 7.89. The van der Waals surface area contributed by atoms with Crippen molar-refractivity contribution in [3.63, 3.8) is 0 Å². The van der Waals surface area contributed by atoms with E-state index in [-0.39, 0.29) is 11.5 Å². The highest BCUT2D eigenvalue weighted by atomic mass is 32.2. The average Bonchev–Trinajstić information content (AvgIpc) is 2.01. The quantitative estimate of drug-likeness (QED) is 0.669. The number of nitrogens with zero attached hydrogens (tertiary/aromatic N) is 1. The predicted molar refractivity (Wildman–Crippen MR) is 49.9 cm³/mol. The fourth-order valence-electron chi connectivity index (χ4n) is 1.37. The summed E-state index contributed by atoms with van der Waals surface area (Å²) in [7, 11) is -3.04. The molecule has 76 valence electrons. The summed E-state index contributed by atoms with van der Waals surface area (Å²) >= 11 is 0. The first-order chi connectivity index (χ1) is 6.02. The van der Waals surface area contributed by atoms with Gasteiger partial charge < -0.3 is 0 Å². The van der Waals surface area contributed by atoms with E-state index in [2.05, 4.69) is 0 Å². The van der Waals surface area contributed by atoms with E-state index >= 15 is 0 Å². The molecule has 0 unspecified atom stereocenters. The van der Waals surface area contributed by atoms with Gasteiger partial charge in [-0.25, -0.2) is 12.7 Å². The Morgan fingerprint density at radius 1 is 1.38 bits per heavy atom. The second-order valence-electron chi connectivity index (χ2n) is 3.37. The second-order valence-corrected chi connectivity index (χ2v) is 5.46. The summed E-state index contributed by atoms with van der Waals surface area (Å²) < 4.78 is 24.2. The molecule has 1 saturated heterocycles. The van der Waals surface area contributed by atoms with Gasteiger partial charge in [0.2, 0.25) is 10.0 Å². The fourth-order valence-corrected chi connectivity index (χ4v) is 2.98. The lowest BCUT2D eigenvalue weighted by Gasteiger charge is -2.25.